The van der Waals surface area contributed by atoms with Gasteiger partial charge in [-0.15, -0.1) is 5.10 Å². The number of pyridine rings is 2. The summed E-state index contributed by atoms with van der Waals surface area (Å²) in [5.74, 6) is 0.633. The van der Waals surface area contributed by atoms with E-state index < -0.39 is 6.23 Å². The van der Waals surface area contributed by atoms with Gasteiger partial charge < -0.3 is 4.74 Å². The van der Waals surface area contributed by atoms with E-state index in [4.69, 9.17) is 19.8 Å². The Morgan fingerprint density at radius 2 is 1.83 bits per heavy atom. The van der Waals surface area contributed by atoms with Crippen molar-refractivity contribution in [3.05, 3.63) is 72.8 Å². The van der Waals surface area contributed by atoms with Crippen molar-refractivity contribution >= 4 is 11.8 Å². The maximum atomic E-state index is 6.21. The zero-order valence-electron chi connectivity index (χ0n) is 16.1. The molecule has 4 heterocycles. The van der Waals surface area contributed by atoms with Crippen molar-refractivity contribution in [1.82, 2.24) is 24.7 Å². The lowest BCUT2D eigenvalue weighted by Crippen LogP contribution is -2.24. The quantitative estimate of drug-likeness (QED) is 0.488. The van der Waals surface area contributed by atoms with Crippen LogP contribution >= 0.6 is 11.8 Å². The first kappa shape index (κ1) is 18.0. The predicted octanol–water partition coefficient (Wildman–Crippen LogP) is 4.84. The maximum absolute atomic E-state index is 6.21. The lowest BCUT2D eigenvalue weighted by molar-refractivity contribution is -0.0284. The van der Waals surface area contributed by atoms with E-state index in [1.165, 1.54) is 0 Å². The number of ether oxygens (including phenoxy) is 1. The Labute approximate surface area is 173 Å². The second-order valence-corrected chi connectivity index (χ2v) is 8.03. The third kappa shape index (κ3) is 3.43. The van der Waals surface area contributed by atoms with Gasteiger partial charge >= 0.3 is 0 Å². The molecule has 0 amide bonds. The summed E-state index contributed by atoms with van der Waals surface area (Å²) in [6, 6.07) is 16.2. The molecular weight excluding hydrogens is 382 g/mol. The number of benzene rings is 1. The van der Waals surface area contributed by atoms with E-state index in [0.29, 0.717) is 5.82 Å². The average Bonchev–Trinajstić information content (AvgIpc) is 3.18. The van der Waals surface area contributed by atoms with Crippen molar-refractivity contribution in [2.24, 2.45) is 0 Å². The topological polar surface area (TPSA) is 65.7 Å². The molecule has 1 aliphatic rings. The van der Waals surface area contributed by atoms with Crippen molar-refractivity contribution < 1.29 is 4.74 Å². The molecule has 0 aliphatic carbocycles. The van der Waals surface area contributed by atoms with E-state index >= 15 is 0 Å². The summed E-state index contributed by atoms with van der Waals surface area (Å²) in [6.45, 7) is 4.02. The molecule has 4 aromatic rings. The van der Waals surface area contributed by atoms with E-state index in [1.54, 1.807) is 24.2 Å². The van der Waals surface area contributed by atoms with Crippen molar-refractivity contribution in [2.45, 2.75) is 36.2 Å². The fourth-order valence-corrected chi connectivity index (χ4v) is 4.26. The molecule has 0 bridgehead atoms. The van der Waals surface area contributed by atoms with Crippen LogP contribution in [0.2, 0.25) is 0 Å². The van der Waals surface area contributed by atoms with Gasteiger partial charge in [-0.3, -0.25) is 9.97 Å². The summed E-state index contributed by atoms with van der Waals surface area (Å²) in [5, 5.41) is 5.50. The molecule has 1 unspecified atom stereocenters. The molecule has 3 aromatic heterocycles. The molecule has 144 valence electrons. The molecule has 0 saturated heterocycles. The van der Waals surface area contributed by atoms with Gasteiger partial charge in [-0.2, -0.15) is 0 Å². The highest BCUT2D eigenvalue weighted by molar-refractivity contribution is 7.99. The summed E-state index contributed by atoms with van der Waals surface area (Å²) in [4.78, 5) is 14.7. The van der Waals surface area contributed by atoms with Crippen LogP contribution in [0.25, 0.3) is 22.5 Å². The highest BCUT2D eigenvalue weighted by Gasteiger charge is 2.32. The van der Waals surface area contributed by atoms with Crippen LogP contribution in [0, 0.1) is 0 Å². The minimum Gasteiger partial charge on any atom is -0.348 e. The first-order chi connectivity index (χ1) is 14.2. The van der Waals surface area contributed by atoms with Crippen molar-refractivity contribution in [2.75, 3.05) is 0 Å². The second kappa shape index (κ2) is 7.42. The van der Waals surface area contributed by atoms with Gasteiger partial charge in [-0.25, -0.2) is 9.67 Å². The van der Waals surface area contributed by atoms with Gasteiger partial charge in [-0.05, 0) is 49.4 Å². The van der Waals surface area contributed by atoms with E-state index in [-0.39, 0.29) is 6.10 Å². The molecule has 29 heavy (non-hydrogen) atoms. The zero-order chi connectivity index (χ0) is 19.8. The summed E-state index contributed by atoms with van der Waals surface area (Å²) in [6.07, 6.45) is 5.01. The molecule has 6 nitrogen and oxygen atoms in total. The van der Waals surface area contributed by atoms with E-state index in [1.807, 2.05) is 55.1 Å². The molecule has 0 spiro atoms. The van der Waals surface area contributed by atoms with Crippen LogP contribution in [0.15, 0.2) is 77.2 Å². The Morgan fingerprint density at radius 1 is 1.00 bits per heavy atom. The minimum atomic E-state index is -0.413. The maximum Gasteiger partial charge on any atom is 0.197 e. The van der Waals surface area contributed by atoms with E-state index in [9.17, 15) is 0 Å². The number of hydrogen-bond acceptors (Lipinski definition) is 6. The van der Waals surface area contributed by atoms with Crippen LogP contribution in [-0.2, 0) is 4.74 Å². The normalized spacial score (nSPS) is 15.2. The standard InChI is InChI=1S/C22H19N5OS/c1-14(2)28-21-19-18(11-17(13-24-19)15-7-4-3-5-8-15)29-22-25-20(26-27(21)22)16-9-6-10-23-12-16/h3-14,21H,1-2H3. The smallest absolute Gasteiger partial charge is 0.197 e. The lowest BCUT2D eigenvalue weighted by Gasteiger charge is -2.26. The Hall–Kier alpha value is -3.03. The minimum absolute atomic E-state index is 0.0189. The Bertz CT molecular complexity index is 1140. The molecule has 1 atom stereocenters. The highest BCUT2D eigenvalue weighted by Crippen LogP contribution is 2.42. The molecule has 0 N–H and O–H groups in total. The number of rotatable bonds is 4. The number of fused-ring (bicyclic) bond motifs is 2. The van der Waals surface area contributed by atoms with Crippen molar-refractivity contribution in [3.63, 3.8) is 0 Å². The van der Waals surface area contributed by atoms with Gasteiger partial charge in [0, 0.05) is 34.6 Å². The third-order valence-electron chi connectivity index (χ3n) is 4.57. The number of nitrogens with zero attached hydrogens (tertiary/aromatic N) is 5. The molecule has 0 saturated carbocycles. The first-order valence-electron chi connectivity index (χ1n) is 9.44. The van der Waals surface area contributed by atoms with Gasteiger partial charge in [0.05, 0.1) is 6.10 Å². The average molecular weight is 401 g/mol. The highest BCUT2D eigenvalue weighted by atomic mass is 32.2. The van der Waals surface area contributed by atoms with Gasteiger partial charge in [0.25, 0.3) is 0 Å². The Balaban J connectivity index is 1.59. The van der Waals surface area contributed by atoms with Crippen LogP contribution in [0.1, 0.15) is 25.8 Å². The van der Waals surface area contributed by atoms with Crippen molar-refractivity contribution in [1.29, 1.82) is 0 Å². The van der Waals surface area contributed by atoms with Gasteiger partial charge in [-0.1, -0.05) is 30.3 Å². The molecule has 7 heteroatoms. The summed E-state index contributed by atoms with van der Waals surface area (Å²) < 4.78 is 8.03. The first-order valence-corrected chi connectivity index (χ1v) is 10.3. The largest absolute Gasteiger partial charge is 0.348 e. The predicted molar refractivity (Wildman–Crippen MR) is 111 cm³/mol. The fourth-order valence-electron chi connectivity index (χ4n) is 3.25. The second-order valence-electron chi connectivity index (χ2n) is 7.02. The van der Waals surface area contributed by atoms with E-state index in [2.05, 4.69) is 23.2 Å². The Kier molecular flexibility index (Phi) is 4.61. The fraction of sp³-hybridized carbons (Fsp3) is 0.182. The van der Waals surface area contributed by atoms with E-state index in [0.717, 1.165) is 32.4 Å². The third-order valence-corrected chi connectivity index (χ3v) is 5.57. The molecule has 1 aromatic carbocycles. The van der Waals surface area contributed by atoms with Crippen LogP contribution in [0.4, 0.5) is 0 Å². The molecular formula is C22H19N5OS. The van der Waals surface area contributed by atoms with Crippen LogP contribution in [0.5, 0.6) is 0 Å². The van der Waals surface area contributed by atoms with Crippen LogP contribution in [-0.4, -0.2) is 30.8 Å². The SMILES string of the molecule is CC(C)OC1c2ncc(-c3ccccc3)cc2Sc2nc(-c3cccnc3)nn21. The molecule has 5 rings (SSSR count). The number of aromatic nitrogens is 5. The van der Waals surface area contributed by atoms with Gasteiger partial charge in [0.2, 0.25) is 0 Å². The molecule has 0 fully saturated rings. The van der Waals surface area contributed by atoms with Crippen LogP contribution in [0.3, 0.4) is 0 Å². The molecule has 0 radical (unpaired) electrons. The zero-order valence-corrected chi connectivity index (χ0v) is 16.9. The van der Waals surface area contributed by atoms with Gasteiger partial charge in [0.1, 0.15) is 5.69 Å². The Morgan fingerprint density at radius 3 is 2.59 bits per heavy atom. The molecule has 1 aliphatic heterocycles. The van der Waals surface area contributed by atoms with Crippen LogP contribution < -0.4 is 0 Å². The van der Waals surface area contributed by atoms with Crippen molar-refractivity contribution in [3.8, 4) is 22.5 Å². The lowest BCUT2D eigenvalue weighted by atomic mass is 10.1. The summed E-state index contributed by atoms with van der Waals surface area (Å²) in [7, 11) is 0. The monoisotopic (exact) mass is 401 g/mol. The number of hydrogen-bond donors (Lipinski definition) is 0. The summed E-state index contributed by atoms with van der Waals surface area (Å²) in [5.41, 5.74) is 3.94. The summed E-state index contributed by atoms with van der Waals surface area (Å²) >= 11 is 1.56. The van der Waals surface area contributed by atoms with Gasteiger partial charge in [0.15, 0.2) is 17.2 Å².